The zero-order valence-electron chi connectivity index (χ0n) is 13.3. The molecule has 1 saturated heterocycles. The Bertz CT molecular complexity index is 418. The standard InChI is InChI=1S/C15H29N5/c1-13(2)20-8-5-15(12-16,6-9-20)19(4)11-14-17-7-10-18(14)3/h7,10,13H,5-6,8-9,11-12,16H2,1-4H3. The molecular formula is C15H29N5. The molecule has 20 heavy (non-hydrogen) atoms. The van der Waals surface area contributed by atoms with Crippen LogP contribution in [0.1, 0.15) is 32.5 Å². The molecule has 5 heteroatoms. The fourth-order valence-electron chi connectivity index (χ4n) is 3.13. The third kappa shape index (κ3) is 3.05. The largest absolute Gasteiger partial charge is 0.337 e. The minimum atomic E-state index is 0.122. The molecule has 0 spiro atoms. The number of likely N-dealkylation sites (N-methyl/N-ethyl adjacent to an activating group) is 1. The lowest BCUT2D eigenvalue weighted by Gasteiger charge is -2.47. The Morgan fingerprint density at radius 1 is 1.40 bits per heavy atom. The molecule has 0 atom stereocenters. The van der Waals surface area contributed by atoms with Crippen LogP contribution in [0.4, 0.5) is 0 Å². The van der Waals surface area contributed by atoms with Crippen molar-refractivity contribution in [3.8, 4) is 0 Å². The van der Waals surface area contributed by atoms with Crippen LogP contribution in [0.3, 0.4) is 0 Å². The zero-order chi connectivity index (χ0) is 14.8. The summed E-state index contributed by atoms with van der Waals surface area (Å²) in [7, 11) is 4.24. The van der Waals surface area contributed by atoms with E-state index in [0.717, 1.165) is 44.8 Å². The first-order valence-electron chi connectivity index (χ1n) is 7.60. The van der Waals surface area contributed by atoms with E-state index in [1.807, 2.05) is 19.4 Å². The molecule has 2 heterocycles. The molecule has 1 aliphatic rings. The average molecular weight is 279 g/mol. The van der Waals surface area contributed by atoms with Crippen LogP contribution in [0.2, 0.25) is 0 Å². The molecule has 1 aliphatic heterocycles. The van der Waals surface area contributed by atoms with E-state index in [4.69, 9.17) is 5.73 Å². The Labute approximate surface area is 122 Å². The SMILES string of the molecule is CC(C)N1CCC(CN)(N(C)Cc2nccn2C)CC1. The van der Waals surface area contributed by atoms with Gasteiger partial charge in [0.15, 0.2) is 0 Å². The quantitative estimate of drug-likeness (QED) is 0.875. The van der Waals surface area contributed by atoms with Crippen molar-refractivity contribution in [3.63, 3.8) is 0 Å². The van der Waals surface area contributed by atoms with Crippen molar-refractivity contribution in [2.45, 2.75) is 44.8 Å². The van der Waals surface area contributed by atoms with Gasteiger partial charge in [-0.1, -0.05) is 0 Å². The van der Waals surface area contributed by atoms with Gasteiger partial charge in [-0.05, 0) is 33.7 Å². The third-order valence-corrected chi connectivity index (χ3v) is 4.95. The average Bonchev–Trinajstić information content (AvgIpc) is 2.84. The van der Waals surface area contributed by atoms with E-state index in [1.54, 1.807) is 0 Å². The number of nitrogens with two attached hydrogens (primary N) is 1. The van der Waals surface area contributed by atoms with E-state index in [9.17, 15) is 0 Å². The number of piperidine rings is 1. The van der Waals surface area contributed by atoms with Gasteiger partial charge < -0.3 is 15.2 Å². The Kier molecular flexibility index (Phi) is 4.83. The zero-order valence-corrected chi connectivity index (χ0v) is 13.3. The lowest BCUT2D eigenvalue weighted by atomic mass is 9.85. The second-order valence-electron chi connectivity index (χ2n) is 6.37. The van der Waals surface area contributed by atoms with Crippen molar-refractivity contribution in [3.05, 3.63) is 18.2 Å². The maximum Gasteiger partial charge on any atom is 0.122 e. The molecule has 1 aromatic heterocycles. The Hall–Kier alpha value is -0.910. The molecule has 114 valence electrons. The van der Waals surface area contributed by atoms with E-state index in [-0.39, 0.29) is 5.54 Å². The summed E-state index contributed by atoms with van der Waals surface area (Å²) in [5.74, 6) is 1.10. The summed E-state index contributed by atoms with van der Waals surface area (Å²) in [6.45, 7) is 8.40. The van der Waals surface area contributed by atoms with Crippen molar-refractivity contribution in [2.24, 2.45) is 12.8 Å². The highest BCUT2D eigenvalue weighted by Crippen LogP contribution is 2.29. The Balaban J connectivity index is 2.02. The summed E-state index contributed by atoms with van der Waals surface area (Å²) < 4.78 is 2.09. The van der Waals surface area contributed by atoms with Gasteiger partial charge in [-0.15, -0.1) is 0 Å². The number of nitrogens with zero attached hydrogens (tertiary/aromatic N) is 4. The molecule has 2 N–H and O–H groups in total. The maximum atomic E-state index is 6.14. The van der Waals surface area contributed by atoms with Gasteiger partial charge in [-0.25, -0.2) is 4.98 Å². The van der Waals surface area contributed by atoms with Crippen molar-refractivity contribution >= 4 is 0 Å². The van der Waals surface area contributed by atoms with Gasteiger partial charge in [0, 0.05) is 50.7 Å². The number of imidazole rings is 1. The van der Waals surface area contributed by atoms with Gasteiger partial charge >= 0.3 is 0 Å². The molecule has 0 amide bonds. The van der Waals surface area contributed by atoms with Crippen molar-refractivity contribution in [1.29, 1.82) is 0 Å². The lowest BCUT2D eigenvalue weighted by molar-refractivity contribution is 0.0279. The summed E-state index contributed by atoms with van der Waals surface area (Å²) in [5.41, 5.74) is 6.26. The highest BCUT2D eigenvalue weighted by molar-refractivity contribution is 4.99. The van der Waals surface area contributed by atoms with E-state index in [1.165, 1.54) is 0 Å². The minimum Gasteiger partial charge on any atom is -0.337 e. The smallest absolute Gasteiger partial charge is 0.122 e. The Morgan fingerprint density at radius 2 is 2.05 bits per heavy atom. The molecule has 1 aromatic rings. The molecule has 0 saturated carbocycles. The lowest BCUT2D eigenvalue weighted by Crippen LogP contribution is -2.58. The molecule has 0 aromatic carbocycles. The normalized spacial score (nSPS) is 19.9. The summed E-state index contributed by atoms with van der Waals surface area (Å²) in [6, 6.07) is 0.630. The fraction of sp³-hybridized carbons (Fsp3) is 0.800. The van der Waals surface area contributed by atoms with E-state index >= 15 is 0 Å². The molecule has 0 aliphatic carbocycles. The van der Waals surface area contributed by atoms with E-state index in [2.05, 4.69) is 40.2 Å². The van der Waals surface area contributed by atoms with Crippen LogP contribution in [0.5, 0.6) is 0 Å². The number of aryl methyl sites for hydroxylation is 1. The minimum absolute atomic E-state index is 0.122. The number of aromatic nitrogens is 2. The van der Waals surface area contributed by atoms with Gasteiger partial charge in [-0.3, -0.25) is 4.90 Å². The molecule has 5 nitrogen and oxygen atoms in total. The number of hydrogen-bond donors (Lipinski definition) is 1. The first-order valence-corrected chi connectivity index (χ1v) is 7.60. The highest BCUT2D eigenvalue weighted by atomic mass is 15.3. The van der Waals surface area contributed by atoms with E-state index in [0.29, 0.717) is 6.04 Å². The van der Waals surface area contributed by atoms with Gasteiger partial charge in [0.1, 0.15) is 5.82 Å². The second kappa shape index (κ2) is 6.24. The molecule has 0 bridgehead atoms. The van der Waals surface area contributed by atoms with Crippen LogP contribution in [0.25, 0.3) is 0 Å². The highest BCUT2D eigenvalue weighted by Gasteiger charge is 2.37. The first kappa shape index (κ1) is 15.5. The van der Waals surface area contributed by atoms with Crippen LogP contribution < -0.4 is 5.73 Å². The summed E-state index contributed by atoms with van der Waals surface area (Å²) in [4.78, 5) is 9.38. The molecule has 0 radical (unpaired) electrons. The number of rotatable bonds is 5. The van der Waals surface area contributed by atoms with Crippen LogP contribution in [0.15, 0.2) is 12.4 Å². The maximum absolute atomic E-state index is 6.14. The predicted molar refractivity (Wildman–Crippen MR) is 82.4 cm³/mol. The summed E-state index contributed by atoms with van der Waals surface area (Å²) >= 11 is 0. The summed E-state index contributed by atoms with van der Waals surface area (Å²) in [5, 5.41) is 0. The first-order chi connectivity index (χ1) is 9.48. The molecule has 2 rings (SSSR count). The molecule has 1 fully saturated rings. The number of hydrogen-bond acceptors (Lipinski definition) is 4. The molecule has 0 unspecified atom stereocenters. The van der Waals surface area contributed by atoms with Crippen LogP contribution in [-0.2, 0) is 13.6 Å². The fourth-order valence-corrected chi connectivity index (χ4v) is 3.13. The monoisotopic (exact) mass is 279 g/mol. The Morgan fingerprint density at radius 3 is 2.50 bits per heavy atom. The third-order valence-electron chi connectivity index (χ3n) is 4.95. The van der Waals surface area contributed by atoms with Gasteiger partial charge in [-0.2, -0.15) is 0 Å². The van der Waals surface area contributed by atoms with E-state index < -0.39 is 0 Å². The van der Waals surface area contributed by atoms with Crippen LogP contribution in [0, 0.1) is 0 Å². The van der Waals surface area contributed by atoms with Crippen molar-refractivity contribution in [1.82, 2.24) is 19.4 Å². The predicted octanol–water partition coefficient (Wildman–Crippen LogP) is 1.05. The second-order valence-corrected chi connectivity index (χ2v) is 6.37. The van der Waals surface area contributed by atoms with Crippen LogP contribution >= 0.6 is 0 Å². The topological polar surface area (TPSA) is 50.3 Å². The van der Waals surface area contributed by atoms with Crippen molar-refractivity contribution < 1.29 is 0 Å². The summed E-state index contributed by atoms with van der Waals surface area (Å²) in [6.07, 6.45) is 6.14. The van der Waals surface area contributed by atoms with Crippen molar-refractivity contribution in [2.75, 3.05) is 26.7 Å². The van der Waals surface area contributed by atoms with Gasteiger partial charge in [0.25, 0.3) is 0 Å². The van der Waals surface area contributed by atoms with Gasteiger partial charge in [0.2, 0.25) is 0 Å². The van der Waals surface area contributed by atoms with Gasteiger partial charge in [0.05, 0.1) is 6.54 Å². The number of likely N-dealkylation sites (tertiary alicyclic amines) is 1. The van der Waals surface area contributed by atoms with Crippen LogP contribution in [-0.4, -0.2) is 57.6 Å². The molecular weight excluding hydrogens is 250 g/mol.